The minimum atomic E-state index is -0.740. The average Bonchev–Trinajstić information content (AvgIpc) is 2.98. The molecule has 0 fully saturated rings. The van der Waals surface area contributed by atoms with Crippen LogP contribution in [0.4, 0.5) is 0 Å². The number of ether oxygens (including phenoxy) is 2. The van der Waals surface area contributed by atoms with Gasteiger partial charge in [0.2, 0.25) is 5.91 Å². The van der Waals surface area contributed by atoms with Gasteiger partial charge in [0.1, 0.15) is 18.4 Å². The number of hydrogen-bond acceptors (Lipinski definition) is 4. The fourth-order valence-corrected chi connectivity index (χ4v) is 4.49. The molecule has 0 saturated carbocycles. The predicted molar refractivity (Wildman–Crippen MR) is 149 cm³/mol. The molecule has 38 heavy (non-hydrogen) atoms. The highest BCUT2D eigenvalue weighted by Gasteiger charge is 2.30. The number of hydrogen-bond donors (Lipinski definition) is 0. The van der Waals surface area contributed by atoms with Crippen LogP contribution in [0.3, 0.4) is 0 Å². The van der Waals surface area contributed by atoms with Crippen molar-refractivity contribution in [2.75, 3.05) is 14.2 Å². The van der Waals surface area contributed by atoms with Gasteiger partial charge in [-0.05, 0) is 34.4 Å². The number of carbonyl (C=O) groups excluding carboxylic acids is 2. The number of nitrogens with zero attached hydrogens (tertiary/aromatic N) is 1. The van der Waals surface area contributed by atoms with E-state index in [-0.39, 0.29) is 18.2 Å². The van der Waals surface area contributed by atoms with Gasteiger partial charge in [-0.2, -0.15) is 0 Å². The van der Waals surface area contributed by atoms with Gasteiger partial charge in [-0.3, -0.25) is 4.79 Å². The van der Waals surface area contributed by atoms with Gasteiger partial charge in [-0.15, -0.1) is 0 Å². The van der Waals surface area contributed by atoms with Crippen molar-refractivity contribution in [3.63, 3.8) is 0 Å². The van der Waals surface area contributed by atoms with Crippen molar-refractivity contribution in [2.24, 2.45) is 0 Å². The zero-order valence-corrected chi connectivity index (χ0v) is 21.8. The Morgan fingerprint density at radius 2 is 1.24 bits per heavy atom. The van der Waals surface area contributed by atoms with Crippen LogP contribution < -0.4 is 4.74 Å². The highest BCUT2D eigenvalue weighted by atomic mass is 16.5. The first kappa shape index (κ1) is 26.7. The zero-order chi connectivity index (χ0) is 26.7. The predicted octanol–water partition coefficient (Wildman–Crippen LogP) is 6.03. The van der Waals surface area contributed by atoms with Gasteiger partial charge in [0.05, 0.1) is 7.11 Å². The molecule has 0 spiro atoms. The molecule has 0 aromatic heterocycles. The quantitative estimate of drug-likeness (QED) is 0.233. The Morgan fingerprint density at radius 3 is 1.76 bits per heavy atom. The topological polar surface area (TPSA) is 55.8 Å². The molecule has 0 bridgehead atoms. The largest absolute Gasteiger partial charge is 0.489 e. The van der Waals surface area contributed by atoms with Crippen molar-refractivity contribution in [2.45, 2.75) is 31.4 Å². The van der Waals surface area contributed by atoms with Crippen LogP contribution >= 0.6 is 0 Å². The van der Waals surface area contributed by atoms with E-state index in [0.717, 1.165) is 28.0 Å². The summed E-state index contributed by atoms with van der Waals surface area (Å²) < 4.78 is 11.0. The van der Waals surface area contributed by atoms with Crippen molar-refractivity contribution in [3.05, 3.63) is 138 Å². The molecule has 0 aliphatic rings. The van der Waals surface area contributed by atoms with E-state index in [2.05, 4.69) is 0 Å². The van der Waals surface area contributed by atoms with Gasteiger partial charge in [0.15, 0.2) is 0 Å². The molecule has 1 amide bonds. The van der Waals surface area contributed by atoms with Crippen LogP contribution in [0, 0.1) is 0 Å². The maximum absolute atomic E-state index is 13.5. The van der Waals surface area contributed by atoms with E-state index in [9.17, 15) is 9.59 Å². The van der Waals surface area contributed by atoms with Gasteiger partial charge < -0.3 is 14.4 Å². The Kier molecular flexibility index (Phi) is 9.30. The first-order valence-electron chi connectivity index (χ1n) is 12.7. The molecule has 0 aliphatic carbocycles. The summed E-state index contributed by atoms with van der Waals surface area (Å²) in [4.78, 5) is 27.8. The third-order valence-electron chi connectivity index (χ3n) is 6.72. The van der Waals surface area contributed by atoms with Gasteiger partial charge in [-0.1, -0.05) is 103 Å². The van der Waals surface area contributed by atoms with Gasteiger partial charge in [-0.25, -0.2) is 4.79 Å². The lowest BCUT2D eigenvalue weighted by molar-refractivity contribution is -0.151. The molecule has 4 rings (SSSR count). The third-order valence-corrected chi connectivity index (χ3v) is 6.72. The number of likely N-dealkylation sites (N-methyl/N-ethyl adjacent to an activating group) is 1. The summed E-state index contributed by atoms with van der Waals surface area (Å²) in [6, 6.07) is 36.8. The maximum atomic E-state index is 13.5. The van der Waals surface area contributed by atoms with Crippen LogP contribution in [0.25, 0.3) is 0 Å². The summed E-state index contributed by atoms with van der Waals surface area (Å²) in [6.07, 6.45) is 0.583. The monoisotopic (exact) mass is 507 g/mol. The number of carbonyl (C=O) groups is 2. The lowest BCUT2D eigenvalue weighted by atomic mass is 9.88. The molecule has 0 aliphatic heterocycles. The second kappa shape index (κ2) is 13.2. The van der Waals surface area contributed by atoms with Crippen LogP contribution in [0.2, 0.25) is 0 Å². The highest BCUT2D eigenvalue weighted by molar-refractivity contribution is 5.85. The average molecular weight is 508 g/mol. The zero-order valence-electron chi connectivity index (χ0n) is 21.8. The van der Waals surface area contributed by atoms with Crippen molar-refractivity contribution in [1.29, 1.82) is 0 Å². The second-order valence-corrected chi connectivity index (χ2v) is 9.24. The van der Waals surface area contributed by atoms with Gasteiger partial charge >= 0.3 is 5.97 Å². The summed E-state index contributed by atoms with van der Waals surface area (Å²) in [5, 5.41) is 0. The fourth-order valence-electron chi connectivity index (χ4n) is 4.49. The van der Waals surface area contributed by atoms with Crippen molar-refractivity contribution < 1.29 is 19.1 Å². The van der Waals surface area contributed by atoms with E-state index in [0.29, 0.717) is 13.0 Å². The molecule has 1 unspecified atom stereocenters. The van der Waals surface area contributed by atoms with E-state index in [1.807, 2.05) is 115 Å². The molecule has 5 nitrogen and oxygen atoms in total. The van der Waals surface area contributed by atoms with Crippen LogP contribution in [0.15, 0.2) is 115 Å². The molecule has 194 valence electrons. The highest BCUT2D eigenvalue weighted by Crippen LogP contribution is 2.29. The number of rotatable bonds is 11. The van der Waals surface area contributed by atoms with Crippen molar-refractivity contribution in [3.8, 4) is 5.75 Å². The minimum Gasteiger partial charge on any atom is -0.489 e. The summed E-state index contributed by atoms with van der Waals surface area (Å²) >= 11 is 0. The standard InChI is InChI=1S/C33H33NO4/c1-34(32(35)23-30(27-14-8-4-9-15-27)28-16-10-5-11-17-28)31(33(36)37-2)22-25-18-20-29(21-19-25)38-24-26-12-6-3-7-13-26/h3-21,30-31H,22-24H2,1-2H3. The third kappa shape index (κ3) is 7.10. The molecule has 0 radical (unpaired) electrons. The SMILES string of the molecule is COC(=O)C(Cc1ccc(OCc2ccccc2)cc1)N(C)C(=O)CC(c1ccccc1)c1ccccc1. The van der Waals surface area contributed by atoms with Crippen molar-refractivity contribution in [1.82, 2.24) is 4.90 Å². The molecule has 0 N–H and O–H groups in total. The molecule has 5 heteroatoms. The summed E-state index contributed by atoms with van der Waals surface area (Å²) in [5.41, 5.74) is 4.11. The van der Waals surface area contributed by atoms with Crippen LogP contribution in [-0.2, 0) is 27.4 Å². The van der Waals surface area contributed by atoms with E-state index in [1.165, 1.54) is 12.0 Å². The number of methoxy groups -OCH3 is 1. The number of esters is 1. The lowest BCUT2D eigenvalue weighted by Crippen LogP contribution is -2.44. The molecule has 4 aromatic carbocycles. The Balaban J connectivity index is 1.45. The molecular weight excluding hydrogens is 474 g/mol. The van der Waals surface area contributed by atoms with E-state index in [4.69, 9.17) is 9.47 Å². The van der Waals surface area contributed by atoms with E-state index in [1.54, 1.807) is 7.05 Å². The molecule has 4 aromatic rings. The summed E-state index contributed by atoms with van der Waals surface area (Å²) in [5.74, 6) is 0.0547. The number of amides is 1. The fraction of sp³-hybridized carbons (Fsp3) is 0.212. The lowest BCUT2D eigenvalue weighted by Gasteiger charge is -2.28. The first-order valence-corrected chi connectivity index (χ1v) is 12.7. The second-order valence-electron chi connectivity index (χ2n) is 9.24. The Hall–Kier alpha value is -4.38. The van der Waals surface area contributed by atoms with Crippen molar-refractivity contribution >= 4 is 11.9 Å². The summed E-state index contributed by atoms with van der Waals surface area (Å²) in [7, 11) is 3.03. The van der Waals surface area contributed by atoms with Crippen LogP contribution in [-0.4, -0.2) is 37.0 Å². The Bertz CT molecular complexity index is 1250. The van der Waals surface area contributed by atoms with E-state index < -0.39 is 12.0 Å². The normalized spacial score (nSPS) is 11.6. The van der Waals surface area contributed by atoms with E-state index >= 15 is 0 Å². The van der Waals surface area contributed by atoms with Gasteiger partial charge in [0, 0.05) is 25.8 Å². The Labute approximate surface area is 224 Å². The smallest absolute Gasteiger partial charge is 0.328 e. The summed E-state index contributed by atoms with van der Waals surface area (Å²) in [6.45, 7) is 0.478. The molecule has 0 heterocycles. The molecular formula is C33H33NO4. The Morgan fingerprint density at radius 1 is 0.711 bits per heavy atom. The molecule has 1 atom stereocenters. The molecule has 0 saturated heterocycles. The van der Waals surface area contributed by atoms with Gasteiger partial charge in [0.25, 0.3) is 0 Å². The number of benzene rings is 4. The van der Waals surface area contributed by atoms with Crippen LogP contribution in [0.1, 0.15) is 34.6 Å². The van der Waals surface area contributed by atoms with Crippen LogP contribution in [0.5, 0.6) is 5.75 Å². The maximum Gasteiger partial charge on any atom is 0.328 e. The first-order chi connectivity index (χ1) is 18.5. The minimum absolute atomic E-state index is 0.119.